The zero-order valence-electron chi connectivity index (χ0n) is 19.0. The number of aliphatic hydroxyl groups is 5. The molecular weight excluding hydrogens is 384 g/mol. The summed E-state index contributed by atoms with van der Waals surface area (Å²) in [6, 6.07) is 8.93. The van der Waals surface area contributed by atoms with Gasteiger partial charge in [-0.2, -0.15) is 0 Å². The van der Waals surface area contributed by atoms with E-state index in [0.717, 1.165) is 24.0 Å². The molecule has 0 amide bonds. The fraction of sp³-hybridized carbons (Fsp3) is 0.500. The van der Waals surface area contributed by atoms with Crippen LogP contribution in [0, 0.1) is 0 Å². The third kappa shape index (κ3) is 3.80. The number of hydrogen-bond acceptors (Lipinski definition) is 6. The molecule has 2 aromatic carbocycles. The van der Waals surface area contributed by atoms with Crippen LogP contribution in [0.15, 0.2) is 30.3 Å². The Morgan fingerprint density at radius 3 is 2.30 bits per heavy atom. The molecule has 1 aliphatic heterocycles. The number of aliphatic hydroxyl groups excluding tert-OH is 5. The summed E-state index contributed by atoms with van der Waals surface area (Å²) < 4.78 is 23.6. The van der Waals surface area contributed by atoms with Gasteiger partial charge in [0.15, 0.2) is 0 Å². The number of rotatable bonds is 6. The molecule has 6 nitrogen and oxygen atoms in total. The zero-order valence-corrected chi connectivity index (χ0v) is 17.0. The lowest BCUT2D eigenvalue weighted by molar-refractivity contribution is -0.232. The third-order valence-electron chi connectivity index (χ3n) is 6.26. The van der Waals surface area contributed by atoms with E-state index >= 15 is 0 Å². The maximum atomic E-state index is 10.6. The second-order valence-electron chi connectivity index (χ2n) is 8.08. The minimum absolute atomic E-state index is 0.324. The van der Waals surface area contributed by atoms with E-state index in [1.54, 1.807) is 18.2 Å². The van der Waals surface area contributed by atoms with Crippen LogP contribution in [0.1, 0.15) is 54.7 Å². The highest BCUT2D eigenvalue weighted by molar-refractivity contribution is 5.45. The first-order chi connectivity index (χ1) is 15.2. The quantitative estimate of drug-likeness (QED) is 0.480. The van der Waals surface area contributed by atoms with Crippen LogP contribution in [0.4, 0.5) is 0 Å². The Kier molecular flexibility index (Phi) is 5.52. The summed E-state index contributed by atoms with van der Waals surface area (Å²) in [5, 5.41) is 50.5. The lowest BCUT2D eigenvalue weighted by atomic mass is 9.84. The van der Waals surface area contributed by atoms with Gasteiger partial charge in [-0.15, -0.1) is 0 Å². The highest BCUT2D eigenvalue weighted by atomic mass is 16.5. The second kappa shape index (κ2) is 8.75. The van der Waals surface area contributed by atoms with Crippen molar-refractivity contribution in [2.75, 3.05) is 6.61 Å². The van der Waals surface area contributed by atoms with Gasteiger partial charge in [-0.1, -0.05) is 37.3 Å². The van der Waals surface area contributed by atoms with Crippen LogP contribution in [-0.4, -0.2) is 56.6 Å². The Hall–Kier alpha value is -1.80. The van der Waals surface area contributed by atoms with Crippen molar-refractivity contribution in [3.05, 3.63) is 69.3 Å². The number of fused-ring (bicyclic) bond motifs is 1. The minimum atomic E-state index is -1.84. The van der Waals surface area contributed by atoms with Crippen molar-refractivity contribution in [2.45, 2.75) is 69.7 Å². The SMILES string of the molecule is [2H]C([2H])(c1ccc2c(c1)CC2)c1cc([C@@H]2O[C@H](CO)[C@@H](O)[C@H](O)[C@H]2O)c(CO)cc1CC. The summed E-state index contributed by atoms with van der Waals surface area (Å²) in [6.07, 6.45) is -6.18. The summed E-state index contributed by atoms with van der Waals surface area (Å²) >= 11 is 0. The first-order valence-electron chi connectivity index (χ1n) is 11.4. The van der Waals surface area contributed by atoms with Crippen LogP contribution in [0.2, 0.25) is 0 Å². The number of ether oxygens (including phenoxy) is 1. The Bertz CT molecular complexity index is 993. The van der Waals surface area contributed by atoms with Gasteiger partial charge in [0.2, 0.25) is 0 Å². The zero-order chi connectivity index (χ0) is 23.2. The summed E-state index contributed by atoms with van der Waals surface area (Å²) in [6.45, 7) is 0.965. The largest absolute Gasteiger partial charge is 0.394 e. The van der Waals surface area contributed by atoms with Crippen molar-refractivity contribution in [3.8, 4) is 0 Å². The molecule has 6 heteroatoms. The molecule has 4 rings (SSSR count). The van der Waals surface area contributed by atoms with Crippen molar-refractivity contribution in [2.24, 2.45) is 0 Å². The summed E-state index contributed by atoms with van der Waals surface area (Å²) in [4.78, 5) is 0. The molecule has 2 aliphatic rings. The average molecular weight is 417 g/mol. The molecule has 0 bridgehead atoms. The molecule has 30 heavy (non-hydrogen) atoms. The van der Waals surface area contributed by atoms with Crippen LogP contribution < -0.4 is 0 Å². The van der Waals surface area contributed by atoms with Crippen LogP contribution in [0.5, 0.6) is 0 Å². The molecule has 1 saturated heterocycles. The van der Waals surface area contributed by atoms with Crippen LogP contribution in [-0.2, 0) is 37.0 Å². The smallest absolute Gasteiger partial charge is 0.113 e. The van der Waals surface area contributed by atoms with Crippen molar-refractivity contribution in [1.82, 2.24) is 0 Å². The predicted octanol–water partition coefficient (Wildman–Crippen LogP) is 0.946. The highest BCUT2D eigenvalue weighted by Crippen LogP contribution is 2.36. The van der Waals surface area contributed by atoms with Gasteiger partial charge in [0.25, 0.3) is 0 Å². The van der Waals surface area contributed by atoms with Gasteiger partial charge in [-0.25, -0.2) is 0 Å². The van der Waals surface area contributed by atoms with Crippen LogP contribution >= 0.6 is 0 Å². The Balaban J connectivity index is 1.82. The van der Waals surface area contributed by atoms with E-state index in [1.807, 2.05) is 19.1 Å². The lowest BCUT2D eigenvalue weighted by Gasteiger charge is -2.41. The normalized spacial score (nSPS) is 29.6. The fourth-order valence-corrected chi connectivity index (χ4v) is 4.31. The monoisotopic (exact) mass is 416 g/mol. The van der Waals surface area contributed by atoms with E-state index < -0.39 is 43.5 Å². The molecule has 1 fully saturated rings. The second-order valence-corrected chi connectivity index (χ2v) is 8.08. The summed E-state index contributed by atoms with van der Waals surface area (Å²) in [5.41, 5.74) is 4.77. The molecule has 0 saturated carbocycles. The maximum Gasteiger partial charge on any atom is 0.113 e. The van der Waals surface area contributed by atoms with E-state index in [-0.39, 0.29) is 6.61 Å². The van der Waals surface area contributed by atoms with Crippen molar-refractivity contribution in [3.63, 3.8) is 0 Å². The average Bonchev–Trinajstić information content (AvgIpc) is 2.77. The molecule has 1 heterocycles. The molecule has 162 valence electrons. The van der Waals surface area contributed by atoms with Gasteiger partial charge in [0.1, 0.15) is 30.5 Å². The Morgan fingerprint density at radius 1 is 0.933 bits per heavy atom. The molecule has 0 spiro atoms. The van der Waals surface area contributed by atoms with Gasteiger partial charge in [0.05, 0.1) is 13.2 Å². The molecule has 1 aliphatic carbocycles. The lowest BCUT2D eigenvalue weighted by Crippen LogP contribution is -2.55. The van der Waals surface area contributed by atoms with Gasteiger partial charge in [-0.3, -0.25) is 0 Å². The van der Waals surface area contributed by atoms with E-state index in [4.69, 9.17) is 7.48 Å². The van der Waals surface area contributed by atoms with Crippen molar-refractivity contribution >= 4 is 0 Å². The number of benzene rings is 2. The topological polar surface area (TPSA) is 110 Å². The molecule has 0 unspecified atom stereocenters. The van der Waals surface area contributed by atoms with E-state index in [0.29, 0.717) is 28.7 Å². The van der Waals surface area contributed by atoms with E-state index in [1.165, 1.54) is 5.56 Å². The Labute approximate surface area is 179 Å². The first-order valence-corrected chi connectivity index (χ1v) is 10.4. The maximum absolute atomic E-state index is 10.6. The van der Waals surface area contributed by atoms with Gasteiger partial charge in [-0.05, 0) is 64.6 Å². The molecule has 5 atom stereocenters. The standard InChI is InChI=1S/C24H30O6/c1-2-14-9-18(11-25)19(24-23(29)22(28)21(27)20(12-26)30-24)10-17(14)8-13-3-4-15-5-6-16(15)7-13/h3-4,7,9-10,20-29H,2,5-6,8,11-12H2,1H3/t20-,21-,22+,23-,24+/m1/s1/i8D2. The van der Waals surface area contributed by atoms with Gasteiger partial charge < -0.3 is 30.3 Å². The van der Waals surface area contributed by atoms with Crippen LogP contribution in [0.3, 0.4) is 0 Å². The molecule has 0 radical (unpaired) electrons. The van der Waals surface area contributed by atoms with E-state index in [9.17, 15) is 25.5 Å². The minimum Gasteiger partial charge on any atom is -0.394 e. The summed E-state index contributed by atoms with van der Waals surface area (Å²) in [5.74, 6) is 0. The van der Waals surface area contributed by atoms with Gasteiger partial charge in [0, 0.05) is 2.74 Å². The molecule has 0 aromatic heterocycles. The summed E-state index contributed by atoms with van der Waals surface area (Å²) in [7, 11) is 0. The predicted molar refractivity (Wildman–Crippen MR) is 111 cm³/mol. The Morgan fingerprint density at radius 2 is 1.70 bits per heavy atom. The fourth-order valence-electron chi connectivity index (χ4n) is 4.31. The third-order valence-corrected chi connectivity index (χ3v) is 6.26. The van der Waals surface area contributed by atoms with Gasteiger partial charge >= 0.3 is 0 Å². The van der Waals surface area contributed by atoms with Crippen molar-refractivity contribution < 1.29 is 33.0 Å². The number of hydrogen-bond donors (Lipinski definition) is 5. The van der Waals surface area contributed by atoms with Crippen molar-refractivity contribution in [1.29, 1.82) is 0 Å². The number of aryl methyl sites for hydroxylation is 3. The van der Waals surface area contributed by atoms with E-state index in [2.05, 4.69) is 0 Å². The van der Waals surface area contributed by atoms with Crippen LogP contribution in [0.25, 0.3) is 0 Å². The molecular formula is C24H30O6. The highest BCUT2D eigenvalue weighted by Gasteiger charge is 2.44. The molecule has 2 aromatic rings. The molecule has 5 N–H and O–H groups in total. The first kappa shape index (κ1) is 18.9.